The number of benzene rings is 11. The minimum absolute atomic E-state index is 1.10. The molecule has 64 heavy (non-hydrogen) atoms. The van der Waals surface area contributed by atoms with E-state index in [1.165, 1.54) is 54.9 Å². The van der Waals surface area contributed by atoms with Crippen LogP contribution in [0.4, 0.5) is 34.1 Å². The van der Waals surface area contributed by atoms with Gasteiger partial charge in [0, 0.05) is 33.9 Å². The van der Waals surface area contributed by atoms with Crippen molar-refractivity contribution in [3.8, 4) is 44.5 Å². The second-order valence-corrected chi connectivity index (χ2v) is 16.1. The Labute approximate surface area is 375 Å². The van der Waals surface area contributed by atoms with E-state index in [0.717, 1.165) is 45.3 Å². The molecule has 2 heteroatoms. The molecular weight excluding hydrogens is 773 g/mol. The molecule has 11 aromatic carbocycles. The summed E-state index contributed by atoms with van der Waals surface area (Å²) in [6, 6.07) is 96.2. The second-order valence-electron chi connectivity index (χ2n) is 16.1. The number of rotatable bonds is 10. The molecule has 0 fully saturated rings. The van der Waals surface area contributed by atoms with E-state index in [2.05, 4.69) is 277 Å². The lowest BCUT2D eigenvalue weighted by Crippen LogP contribution is -2.11. The van der Waals surface area contributed by atoms with Crippen molar-refractivity contribution in [3.05, 3.63) is 267 Å². The number of para-hydroxylation sites is 2. The van der Waals surface area contributed by atoms with Gasteiger partial charge in [0.25, 0.3) is 0 Å². The first-order valence-electron chi connectivity index (χ1n) is 21.9. The summed E-state index contributed by atoms with van der Waals surface area (Å²) >= 11 is 0. The lowest BCUT2D eigenvalue weighted by Gasteiger charge is -2.29. The molecule has 0 saturated heterocycles. The molecular formula is C62H44N2. The second kappa shape index (κ2) is 17.1. The molecule has 0 heterocycles. The highest BCUT2D eigenvalue weighted by atomic mass is 15.1. The van der Waals surface area contributed by atoms with E-state index in [4.69, 9.17) is 0 Å². The van der Waals surface area contributed by atoms with E-state index in [-0.39, 0.29) is 0 Å². The molecule has 302 valence electrons. The van der Waals surface area contributed by atoms with Crippen LogP contribution in [0.5, 0.6) is 0 Å². The highest BCUT2D eigenvalue weighted by molar-refractivity contribution is 6.06. The van der Waals surface area contributed by atoms with Crippen molar-refractivity contribution in [1.82, 2.24) is 0 Å². The van der Waals surface area contributed by atoms with Crippen LogP contribution in [0.1, 0.15) is 0 Å². The van der Waals surface area contributed by atoms with Crippen molar-refractivity contribution < 1.29 is 0 Å². The van der Waals surface area contributed by atoms with Gasteiger partial charge in [-0.1, -0.05) is 200 Å². The molecule has 0 saturated carbocycles. The minimum Gasteiger partial charge on any atom is -0.310 e. The molecule has 0 aliphatic rings. The van der Waals surface area contributed by atoms with Gasteiger partial charge in [0.05, 0.1) is 11.4 Å². The molecule has 0 bridgehead atoms. The molecule has 0 N–H and O–H groups in total. The number of hydrogen-bond acceptors (Lipinski definition) is 2. The zero-order valence-electron chi connectivity index (χ0n) is 35.3. The lowest BCUT2D eigenvalue weighted by atomic mass is 9.94. The lowest BCUT2D eigenvalue weighted by molar-refractivity contribution is 1.29. The topological polar surface area (TPSA) is 6.48 Å². The summed E-state index contributed by atoms with van der Waals surface area (Å²) in [6.07, 6.45) is 0. The highest BCUT2D eigenvalue weighted by Gasteiger charge is 2.21. The van der Waals surface area contributed by atoms with Crippen LogP contribution >= 0.6 is 0 Å². The Hall–Kier alpha value is -8.46. The van der Waals surface area contributed by atoms with Gasteiger partial charge in [-0.2, -0.15) is 0 Å². The van der Waals surface area contributed by atoms with Crippen LogP contribution in [0.2, 0.25) is 0 Å². The van der Waals surface area contributed by atoms with E-state index < -0.39 is 0 Å². The molecule has 11 aromatic rings. The first-order valence-corrected chi connectivity index (χ1v) is 21.9. The Morgan fingerprint density at radius 3 is 0.938 bits per heavy atom. The van der Waals surface area contributed by atoms with Crippen LogP contribution in [0.3, 0.4) is 0 Å². The third-order valence-corrected chi connectivity index (χ3v) is 12.2. The largest absolute Gasteiger partial charge is 0.310 e. The number of fused-ring (bicyclic) bond motifs is 2. The van der Waals surface area contributed by atoms with Crippen molar-refractivity contribution in [3.63, 3.8) is 0 Å². The summed E-state index contributed by atoms with van der Waals surface area (Å²) in [5.74, 6) is 0. The van der Waals surface area contributed by atoms with Crippen molar-refractivity contribution in [2.45, 2.75) is 0 Å². The predicted octanol–water partition coefficient (Wildman–Crippen LogP) is 17.6. The van der Waals surface area contributed by atoms with Crippen LogP contribution in [0.25, 0.3) is 66.1 Å². The summed E-state index contributed by atoms with van der Waals surface area (Å²) in [4.78, 5) is 4.77. The average molecular weight is 817 g/mol. The van der Waals surface area contributed by atoms with E-state index >= 15 is 0 Å². The third kappa shape index (κ3) is 7.38. The van der Waals surface area contributed by atoms with E-state index in [1.807, 2.05) is 0 Å². The first kappa shape index (κ1) is 38.5. The molecule has 0 spiro atoms. The van der Waals surface area contributed by atoms with Crippen molar-refractivity contribution >= 4 is 55.7 Å². The van der Waals surface area contributed by atoms with E-state index in [1.54, 1.807) is 0 Å². The summed E-state index contributed by atoms with van der Waals surface area (Å²) in [6.45, 7) is 0. The Kier molecular flexibility index (Phi) is 10.3. The molecule has 0 radical (unpaired) electrons. The van der Waals surface area contributed by atoms with Crippen LogP contribution in [-0.2, 0) is 0 Å². The number of anilines is 6. The van der Waals surface area contributed by atoms with Gasteiger partial charge < -0.3 is 9.80 Å². The first-order chi connectivity index (χ1) is 31.8. The summed E-state index contributed by atoms with van der Waals surface area (Å²) < 4.78 is 0. The number of hydrogen-bond donors (Lipinski definition) is 0. The monoisotopic (exact) mass is 816 g/mol. The van der Waals surface area contributed by atoms with Gasteiger partial charge in [-0.05, 0) is 122 Å². The zero-order chi connectivity index (χ0) is 42.7. The SMILES string of the molecule is c1ccc(-c2c(N(c3ccccc3)c3ccc(-c4cccc(-c5ccc(N(c6ccccc6)c6ccc7ccccc7c6-c6ccccc6)cc5)c4)cc3)ccc3ccccc23)cc1. The smallest absolute Gasteiger partial charge is 0.0546 e. The Morgan fingerprint density at radius 1 is 0.203 bits per heavy atom. The van der Waals surface area contributed by atoms with Crippen molar-refractivity contribution in [2.75, 3.05) is 9.80 Å². The summed E-state index contributed by atoms with van der Waals surface area (Å²) in [5, 5.41) is 4.90. The zero-order valence-corrected chi connectivity index (χ0v) is 35.3. The molecule has 0 aromatic heterocycles. The third-order valence-electron chi connectivity index (χ3n) is 12.2. The van der Waals surface area contributed by atoms with Gasteiger partial charge in [0.1, 0.15) is 0 Å². The molecule has 0 atom stereocenters. The maximum Gasteiger partial charge on any atom is 0.0546 e. The van der Waals surface area contributed by atoms with Gasteiger partial charge in [0.2, 0.25) is 0 Å². The molecule has 0 aliphatic carbocycles. The van der Waals surface area contributed by atoms with Gasteiger partial charge >= 0.3 is 0 Å². The predicted molar refractivity (Wildman–Crippen MR) is 273 cm³/mol. The molecule has 0 amide bonds. The molecule has 2 nitrogen and oxygen atoms in total. The fourth-order valence-corrected chi connectivity index (χ4v) is 9.20. The maximum atomic E-state index is 2.38. The summed E-state index contributed by atoms with van der Waals surface area (Å²) in [7, 11) is 0. The van der Waals surface area contributed by atoms with Crippen molar-refractivity contribution in [1.29, 1.82) is 0 Å². The van der Waals surface area contributed by atoms with Gasteiger partial charge in [-0.25, -0.2) is 0 Å². The normalized spacial score (nSPS) is 11.1. The quantitative estimate of drug-likeness (QED) is 0.136. The van der Waals surface area contributed by atoms with Crippen LogP contribution in [-0.4, -0.2) is 0 Å². The van der Waals surface area contributed by atoms with Crippen LogP contribution in [0.15, 0.2) is 267 Å². The number of nitrogens with zero attached hydrogens (tertiary/aromatic N) is 2. The van der Waals surface area contributed by atoms with Crippen LogP contribution in [0, 0.1) is 0 Å². The van der Waals surface area contributed by atoms with Gasteiger partial charge in [-0.15, -0.1) is 0 Å². The molecule has 0 aliphatic heterocycles. The van der Waals surface area contributed by atoms with Crippen LogP contribution < -0.4 is 9.80 Å². The Balaban J connectivity index is 0.947. The van der Waals surface area contributed by atoms with E-state index in [9.17, 15) is 0 Å². The standard InChI is InChI=1S/C62H44N2/c1-5-20-49(21-6-1)61-57-30-15-13-18-47(57)36-42-59(61)63(53-26-9-3-10-27-53)55-38-32-45(33-39-55)51-24-17-25-52(44-51)46-34-40-56(41-35-46)64(54-28-11-4-12-29-54)60-43-37-48-19-14-16-31-58(48)62(60)50-22-7-2-8-23-50/h1-44H. The highest BCUT2D eigenvalue weighted by Crippen LogP contribution is 2.46. The summed E-state index contributed by atoms with van der Waals surface area (Å²) in [5.41, 5.74) is 16.2. The van der Waals surface area contributed by atoms with E-state index in [0.29, 0.717) is 0 Å². The Bertz CT molecular complexity index is 3120. The molecule has 0 unspecified atom stereocenters. The van der Waals surface area contributed by atoms with Crippen molar-refractivity contribution in [2.24, 2.45) is 0 Å². The maximum absolute atomic E-state index is 2.38. The average Bonchev–Trinajstić information content (AvgIpc) is 3.38. The minimum atomic E-state index is 1.10. The fourth-order valence-electron chi connectivity index (χ4n) is 9.20. The van der Waals surface area contributed by atoms with Gasteiger partial charge in [-0.3, -0.25) is 0 Å². The Morgan fingerprint density at radius 2 is 0.531 bits per heavy atom. The van der Waals surface area contributed by atoms with Gasteiger partial charge in [0.15, 0.2) is 0 Å². The fraction of sp³-hybridized carbons (Fsp3) is 0. The molecule has 11 rings (SSSR count).